The number of benzene rings is 2. The SMILES string of the molecule is COc1cc(/C=C/C(=O)c2ccc(-c3ccc(C(=O)[O-])o3)cc2)cc2c1OCCO2. The topological polar surface area (TPSA) is 98.0 Å². The van der Waals surface area contributed by atoms with Gasteiger partial charge in [-0.2, -0.15) is 0 Å². The summed E-state index contributed by atoms with van der Waals surface area (Å²) in [5, 5.41) is 10.8. The summed E-state index contributed by atoms with van der Waals surface area (Å²) in [5.41, 5.74) is 1.87. The van der Waals surface area contributed by atoms with Crippen LogP contribution in [0.25, 0.3) is 17.4 Å². The molecule has 0 radical (unpaired) electrons. The van der Waals surface area contributed by atoms with E-state index < -0.39 is 5.97 Å². The van der Waals surface area contributed by atoms with E-state index in [4.69, 9.17) is 18.6 Å². The fraction of sp³-hybridized carbons (Fsp3) is 0.130. The molecule has 0 spiro atoms. The maximum atomic E-state index is 12.5. The van der Waals surface area contributed by atoms with Gasteiger partial charge in [-0.1, -0.05) is 30.3 Å². The molecule has 0 amide bonds. The molecule has 1 aliphatic rings. The number of furan rings is 1. The van der Waals surface area contributed by atoms with Crippen LogP contribution >= 0.6 is 0 Å². The number of rotatable bonds is 6. The number of ether oxygens (including phenoxy) is 3. The van der Waals surface area contributed by atoms with Crippen LogP contribution in [-0.2, 0) is 0 Å². The second kappa shape index (κ2) is 8.16. The van der Waals surface area contributed by atoms with Gasteiger partial charge in [-0.3, -0.25) is 4.79 Å². The average molecular weight is 405 g/mol. The highest BCUT2D eigenvalue weighted by molar-refractivity contribution is 6.07. The zero-order valence-corrected chi connectivity index (χ0v) is 16.0. The Morgan fingerprint density at radius 2 is 1.80 bits per heavy atom. The number of carbonyl (C=O) groups excluding carboxylic acids is 2. The van der Waals surface area contributed by atoms with E-state index in [9.17, 15) is 14.7 Å². The first-order valence-corrected chi connectivity index (χ1v) is 9.17. The molecule has 30 heavy (non-hydrogen) atoms. The molecular formula is C23H17O7-. The summed E-state index contributed by atoms with van der Waals surface area (Å²) in [6.07, 6.45) is 3.14. The first-order valence-electron chi connectivity index (χ1n) is 9.17. The van der Waals surface area contributed by atoms with Gasteiger partial charge in [-0.25, -0.2) is 0 Å². The Balaban J connectivity index is 1.51. The minimum Gasteiger partial charge on any atom is -0.542 e. The summed E-state index contributed by atoms with van der Waals surface area (Å²) >= 11 is 0. The maximum Gasteiger partial charge on any atom is 0.203 e. The lowest BCUT2D eigenvalue weighted by molar-refractivity contribution is -0.257. The Labute approximate surface area is 172 Å². The molecule has 7 heteroatoms. The lowest BCUT2D eigenvalue weighted by atomic mass is 10.1. The van der Waals surface area contributed by atoms with Crippen molar-refractivity contribution in [2.45, 2.75) is 0 Å². The molecular weight excluding hydrogens is 388 g/mol. The molecule has 0 fully saturated rings. The molecule has 0 saturated carbocycles. The first-order chi connectivity index (χ1) is 14.5. The van der Waals surface area contributed by atoms with Crippen molar-refractivity contribution in [3.63, 3.8) is 0 Å². The van der Waals surface area contributed by atoms with E-state index in [1.807, 2.05) is 0 Å². The van der Waals surface area contributed by atoms with Crippen molar-refractivity contribution in [1.82, 2.24) is 0 Å². The Bertz CT molecular complexity index is 1110. The summed E-state index contributed by atoms with van der Waals surface area (Å²) in [5.74, 6) is 0.237. The van der Waals surface area contributed by atoms with Crippen molar-refractivity contribution < 1.29 is 33.3 Å². The number of methoxy groups -OCH3 is 1. The Hall–Kier alpha value is -4.00. The van der Waals surface area contributed by atoms with Gasteiger partial charge in [0.2, 0.25) is 5.75 Å². The lowest BCUT2D eigenvalue weighted by Gasteiger charge is -2.20. The fourth-order valence-corrected chi connectivity index (χ4v) is 3.06. The van der Waals surface area contributed by atoms with Crippen LogP contribution in [0.4, 0.5) is 0 Å². The van der Waals surface area contributed by atoms with Crippen LogP contribution in [0.1, 0.15) is 26.5 Å². The number of fused-ring (bicyclic) bond motifs is 1. The minimum atomic E-state index is -1.38. The largest absolute Gasteiger partial charge is 0.542 e. The minimum absolute atomic E-state index is 0.190. The Morgan fingerprint density at radius 1 is 1.03 bits per heavy atom. The molecule has 3 aromatic rings. The molecule has 7 nitrogen and oxygen atoms in total. The third-order valence-electron chi connectivity index (χ3n) is 4.54. The second-order valence-electron chi connectivity index (χ2n) is 6.47. The van der Waals surface area contributed by atoms with E-state index in [-0.39, 0.29) is 11.5 Å². The number of carboxylic acid groups (broad SMARTS) is 1. The van der Waals surface area contributed by atoms with E-state index in [1.54, 1.807) is 49.6 Å². The summed E-state index contributed by atoms with van der Waals surface area (Å²) < 4.78 is 21.7. The van der Waals surface area contributed by atoms with Gasteiger partial charge in [0, 0.05) is 11.1 Å². The third kappa shape index (κ3) is 3.91. The van der Waals surface area contributed by atoms with Crippen LogP contribution in [0.5, 0.6) is 17.2 Å². The van der Waals surface area contributed by atoms with Crippen molar-refractivity contribution >= 4 is 17.8 Å². The van der Waals surface area contributed by atoms with Gasteiger partial charge >= 0.3 is 0 Å². The second-order valence-corrected chi connectivity index (χ2v) is 6.47. The summed E-state index contributed by atoms with van der Waals surface area (Å²) in [4.78, 5) is 23.3. The number of hydrogen-bond donors (Lipinski definition) is 0. The van der Waals surface area contributed by atoms with E-state index in [2.05, 4.69) is 0 Å². The van der Waals surface area contributed by atoms with Crippen molar-refractivity contribution in [3.05, 3.63) is 71.5 Å². The van der Waals surface area contributed by atoms with E-state index in [0.717, 1.165) is 5.56 Å². The van der Waals surface area contributed by atoms with E-state index in [1.165, 1.54) is 18.2 Å². The smallest absolute Gasteiger partial charge is 0.203 e. The predicted octanol–water partition coefficient (Wildman–Crippen LogP) is 2.99. The van der Waals surface area contributed by atoms with Crippen LogP contribution in [0, 0.1) is 0 Å². The molecule has 0 bridgehead atoms. The molecule has 1 aliphatic heterocycles. The molecule has 2 heterocycles. The van der Waals surface area contributed by atoms with Crippen LogP contribution < -0.4 is 19.3 Å². The molecule has 0 aliphatic carbocycles. The molecule has 0 saturated heterocycles. The van der Waals surface area contributed by atoms with Gasteiger partial charge in [0.1, 0.15) is 30.7 Å². The number of ketones is 1. The molecule has 0 N–H and O–H groups in total. The number of allylic oxidation sites excluding steroid dienone is 1. The van der Waals surface area contributed by atoms with Crippen LogP contribution in [0.3, 0.4) is 0 Å². The molecule has 1 aromatic heterocycles. The molecule has 0 atom stereocenters. The lowest BCUT2D eigenvalue weighted by Crippen LogP contribution is -2.21. The molecule has 4 rings (SSSR count). The Kier molecular flexibility index (Phi) is 5.26. The number of aromatic carboxylic acids is 1. The van der Waals surface area contributed by atoms with E-state index >= 15 is 0 Å². The summed E-state index contributed by atoms with van der Waals surface area (Å²) in [7, 11) is 1.54. The number of carbonyl (C=O) groups is 2. The summed E-state index contributed by atoms with van der Waals surface area (Å²) in [6, 6.07) is 13.1. The molecule has 0 unspecified atom stereocenters. The highest BCUT2D eigenvalue weighted by Crippen LogP contribution is 2.40. The normalized spacial score (nSPS) is 12.7. The number of hydrogen-bond acceptors (Lipinski definition) is 7. The average Bonchev–Trinajstić information content (AvgIpc) is 3.27. The first kappa shape index (κ1) is 19.3. The van der Waals surface area contributed by atoms with Gasteiger partial charge in [-0.05, 0) is 35.9 Å². The van der Waals surface area contributed by atoms with Crippen molar-refractivity contribution in [2.24, 2.45) is 0 Å². The van der Waals surface area contributed by atoms with Gasteiger partial charge < -0.3 is 28.5 Å². The van der Waals surface area contributed by atoms with Crippen molar-refractivity contribution in [1.29, 1.82) is 0 Å². The van der Waals surface area contributed by atoms with Gasteiger partial charge in [0.15, 0.2) is 17.3 Å². The zero-order chi connectivity index (χ0) is 21.1. The quantitative estimate of drug-likeness (QED) is 0.459. The Morgan fingerprint density at radius 3 is 2.50 bits per heavy atom. The van der Waals surface area contributed by atoms with Crippen LogP contribution in [0.2, 0.25) is 0 Å². The highest BCUT2D eigenvalue weighted by atomic mass is 16.6. The predicted molar refractivity (Wildman–Crippen MR) is 106 cm³/mol. The van der Waals surface area contributed by atoms with Crippen molar-refractivity contribution in [3.8, 4) is 28.6 Å². The standard InChI is InChI=1S/C23H18O7/c1-27-20-12-14(13-21-22(20)29-11-10-28-21)2-7-17(24)15-3-5-16(6-4-15)18-8-9-19(30-18)23(25)26/h2-9,12-13H,10-11H2,1H3,(H,25,26)/p-1/b7-2+. The fourth-order valence-electron chi connectivity index (χ4n) is 3.06. The van der Waals surface area contributed by atoms with Gasteiger partial charge in [0.05, 0.1) is 7.11 Å². The van der Waals surface area contributed by atoms with E-state index in [0.29, 0.717) is 47.3 Å². The van der Waals surface area contributed by atoms with Gasteiger partial charge in [0.25, 0.3) is 0 Å². The zero-order valence-electron chi connectivity index (χ0n) is 16.0. The van der Waals surface area contributed by atoms with Crippen molar-refractivity contribution in [2.75, 3.05) is 20.3 Å². The number of carboxylic acids is 1. The monoisotopic (exact) mass is 405 g/mol. The third-order valence-corrected chi connectivity index (χ3v) is 4.54. The van der Waals surface area contributed by atoms with Gasteiger partial charge in [-0.15, -0.1) is 0 Å². The summed E-state index contributed by atoms with van der Waals surface area (Å²) in [6.45, 7) is 0.911. The molecule has 2 aromatic carbocycles. The van der Waals surface area contributed by atoms with Crippen LogP contribution in [-0.4, -0.2) is 32.1 Å². The maximum absolute atomic E-state index is 12.5. The van der Waals surface area contributed by atoms with Crippen LogP contribution in [0.15, 0.2) is 59.0 Å². The molecule has 152 valence electrons. The highest BCUT2D eigenvalue weighted by Gasteiger charge is 2.18.